The molecule has 0 aliphatic rings. The first-order chi connectivity index (χ1) is 6.70. The van der Waals surface area contributed by atoms with Gasteiger partial charge in [-0.3, -0.25) is 0 Å². The summed E-state index contributed by atoms with van der Waals surface area (Å²) >= 11 is 0. The molecule has 5 nitrogen and oxygen atoms in total. The van der Waals surface area contributed by atoms with Crippen molar-refractivity contribution in [2.24, 2.45) is 0 Å². The van der Waals surface area contributed by atoms with Crippen molar-refractivity contribution in [2.45, 2.75) is 13.3 Å². The second kappa shape index (κ2) is 8.25. The molecule has 0 aliphatic carbocycles. The lowest BCUT2D eigenvalue weighted by Gasteiger charge is -1.98. The number of rotatable bonds is 6. The Labute approximate surface area is 82.3 Å². The fraction of sp³-hybridized carbons (Fsp3) is 0.556. The van der Waals surface area contributed by atoms with Gasteiger partial charge in [-0.15, -0.1) is 0 Å². The minimum atomic E-state index is -0.619. The van der Waals surface area contributed by atoms with E-state index in [0.29, 0.717) is 6.42 Å². The molecule has 14 heavy (non-hydrogen) atoms. The molecule has 0 aromatic rings. The van der Waals surface area contributed by atoms with Gasteiger partial charge in [0, 0.05) is 25.2 Å². The number of aliphatic hydroxyl groups is 1. The summed E-state index contributed by atoms with van der Waals surface area (Å²) in [5.74, 6) is -1.20. The number of aliphatic hydroxyl groups excluding tert-OH is 1. The lowest BCUT2D eigenvalue weighted by Crippen LogP contribution is -2.05. The first kappa shape index (κ1) is 12.6. The van der Waals surface area contributed by atoms with Crippen LogP contribution in [0.1, 0.15) is 13.3 Å². The van der Waals surface area contributed by atoms with E-state index < -0.39 is 11.9 Å². The van der Waals surface area contributed by atoms with Crippen molar-refractivity contribution >= 4 is 11.9 Å². The maximum absolute atomic E-state index is 10.8. The smallest absolute Gasteiger partial charge is 0.331 e. The van der Waals surface area contributed by atoms with Gasteiger partial charge in [-0.1, -0.05) is 0 Å². The van der Waals surface area contributed by atoms with Crippen molar-refractivity contribution in [2.75, 3.05) is 19.8 Å². The molecule has 0 saturated heterocycles. The Hall–Kier alpha value is -1.36. The average molecular weight is 202 g/mol. The van der Waals surface area contributed by atoms with Gasteiger partial charge >= 0.3 is 11.9 Å². The largest absolute Gasteiger partial charge is 0.463 e. The van der Waals surface area contributed by atoms with Crippen LogP contribution in [0.25, 0.3) is 0 Å². The molecule has 0 rings (SSSR count). The van der Waals surface area contributed by atoms with E-state index in [9.17, 15) is 9.59 Å². The number of esters is 2. The first-order valence-corrected chi connectivity index (χ1v) is 4.33. The van der Waals surface area contributed by atoms with Crippen molar-refractivity contribution in [1.82, 2.24) is 0 Å². The van der Waals surface area contributed by atoms with Gasteiger partial charge in [-0.25, -0.2) is 9.59 Å². The Morgan fingerprint density at radius 1 is 1.21 bits per heavy atom. The Kier molecular flexibility index (Phi) is 7.45. The van der Waals surface area contributed by atoms with Crippen molar-refractivity contribution in [3.8, 4) is 0 Å². The van der Waals surface area contributed by atoms with Crippen LogP contribution < -0.4 is 0 Å². The molecule has 80 valence electrons. The minimum Gasteiger partial charge on any atom is -0.463 e. The van der Waals surface area contributed by atoms with E-state index in [4.69, 9.17) is 5.11 Å². The summed E-state index contributed by atoms with van der Waals surface area (Å²) in [6.45, 7) is 2.05. The highest BCUT2D eigenvalue weighted by atomic mass is 16.5. The van der Waals surface area contributed by atoms with Crippen molar-refractivity contribution in [1.29, 1.82) is 0 Å². The summed E-state index contributed by atoms with van der Waals surface area (Å²) in [6.07, 6.45) is 2.39. The third kappa shape index (κ3) is 7.30. The first-order valence-electron chi connectivity index (χ1n) is 4.33. The number of hydrogen-bond acceptors (Lipinski definition) is 5. The molecule has 0 aromatic heterocycles. The normalized spacial score (nSPS) is 10.1. The zero-order valence-electron chi connectivity index (χ0n) is 8.06. The highest BCUT2D eigenvalue weighted by Crippen LogP contribution is 1.87. The second-order valence-corrected chi connectivity index (χ2v) is 2.33. The van der Waals surface area contributed by atoms with Crippen LogP contribution in [0.2, 0.25) is 0 Å². The predicted molar refractivity (Wildman–Crippen MR) is 48.4 cm³/mol. The Morgan fingerprint density at radius 2 is 1.79 bits per heavy atom. The van der Waals surface area contributed by atoms with Crippen LogP contribution in [0, 0.1) is 0 Å². The molecular weight excluding hydrogens is 188 g/mol. The Balaban J connectivity index is 3.64. The number of ether oxygens (including phenoxy) is 2. The molecule has 0 aliphatic heterocycles. The number of hydrogen-bond donors (Lipinski definition) is 1. The van der Waals surface area contributed by atoms with Crippen molar-refractivity contribution in [3.05, 3.63) is 12.2 Å². The summed E-state index contributed by atoms with van der Waals surface area (Å²) in [5, 5.41) is 8.38. The van der Waals surface area contributed by atoms with Gasteiger partial charge in [0.05, 0.1) is 13.2 Å². The molecule has 0 spiro atoms. The molecule has 0 aromatic carbocycles. The molecule has 5 heteroatoms. The monoisotopic (exact) mass is 202 g/mol. The van der Waals surface area contributed by atoms with E-state index in [1.54, 1.807) is 6.92 Å². The van der Waals surface area contributed by atoms with Crippen molar-refractivity contribution in [3.63, 3.8) is 0 Å². The molecule has 0 saturated carbocycles. The fourth-order valence-corrected chi connectivity index (χ4v) is 0.612. The molecule has 1 N–H and O–H groups in total. The van der Waals surface area contributed by atoms with Crippen LogP contribution >= 0.6 is 0 Å². The van der Waals surface area contributed by atoms with Gasteiger partial charge in [0.25, 0.3) is 0 Å². The highest BCUT2D eigenvalue weighted by Gasteiger charge is 1.99. The maximum atomic E-state index is 10.8. The molecule has 0 fully saturated rings. The van der Waals surface area contributed by atoms with Crippen LogP contribution in [-0.2, 0) is 19.1 Å². The number of carbonyl (C=O) groups excluding carboxylic acids is 2. The van der Waals surface area contributed by atoms with Crippen LogP contribution in [0.15, 0.2) is 12.2 Å². The van der Waals surface area contributed by atoms with Gasteiger partial charge in [0.2, 0.25) is 0 Å². The third-order valence-electron chi connectivity index (χ3n) is 1.19. The second-order valence-electron chi connectivity index (χ2n) is 2.33. The van der Waals surface area contributed by atoms with Gasteiger partial charge < -0.3 is 14.6 Å². The summed E-state index contributed by atoms with van der Waals surface area (Å²) in [4.78, 5) is 21.5. The standard InChI is InChI=1S/C9H14O5/c1-2-13-8(11)4-5-9(12)14-7-3-6-10/h4-5,10H,2-3,6-7H2,1H3. The van der Waals surface area contributed by atoms with Crippen LogP contribution in [0.4, 0.5) is 0 Å². The molecule has 0 unspecified atom stereocenters. The fourth-order valence-electron chi connectivity index (χ4n) is 0.612. The molecule has 0 bridgehead atoms. The highest BCUT2D eigenvalue weighted by molar-refractivity contribution is 5.91. The lowest BCUT2D eigenvalue weighted by atomic mass is 10.5. The third-order valence-corrected chi connectivity index (χ3v) is 1.19. The predicted octanol–water partition coefficient (Wildman–Crippen LogP) is 0.0313. The molecule has 0 heterocycles. The molecule has 0 amide bonds. The van der Waals surface area contributed by atoms with E-state index in [0.717, 1.165) is 12.2 Å². The lowest BCUT2D eigenvalue weighted by molar-refractivity contribution is -0.140. The Morgan fingerprint density at radius 3 is 2.29 bits per heavy atom. The van der Waals surface area contributed by atoms with Gasteiger partial charge in [-0.05, 0) is 6.92 Å². The average Bonchev–Trinajstić information content (AvgIpc) is 2.16. The quantitative estimate of drug-likeness (QED) is 0.374. The molecule has 0 atom stereocenters. The van der Waals surface area contributed by atoms with Crippen LogP contribution in [-0.4, -0.2) is 36.9 Å². The van der Waals surface area contributed by atoms with Gasteiger partial charge in [0.1, 0.15) is 0 Å². The minimum absolute atomic E-state index is 0.0329. The molecular formula is C9H14O5. The SMILES string of the molecule is CCOC(=O)C=CC(=O)OCCCO. The van der Waals surface area contributed by atoms with Crippen molar-refractivity contribution < 1.29 is 24.2 Å². The van der Waals surface area contributed by atoms with E-state index in [1.165, 1.54) is 0 Å². The van der Waals surface area contributed by atoms with E-state index in [1.807, 2.05) is 0 Å². The topological polar surface area (TPSA) is 72.8 Å². The summed E-state index contributed by atoms with van der Waals surface area (Å²) in [7, 11) is 0. The molecule has 0 radical (unpaired) electrons. The Bertz CT molecular complexity index is 209. The van der Waals surface area contributed by atoms with E-state index in [-0.39, 0.29) is 19.8 Å². The van der Waals surface area contributed by atoms with Crippen LogP contribution in [0.5, 0.6) is 0 Å². The van der Waals surface area contributed by atoms with Gasteiger partial charge in [-0.2, -0.15) is 0 Å². The van der Waals surface area contributed by atoms with Crippen LogP contribution in [0.3, 0.4) is 0 Å². The van der Waals surface area contributed by atoms with E-state index >= 15 is 0 Å². The van der Waals surface area contributed by atoms with E-state index in [2.05, 4.69) is 9.47 Å². The zero-order chi connectivity index (χ0) is 10.8. The summed E-state index contributed by atoms with van der Waals surface area (Å²) in [5.41, 5.74) is 0. The van der Waals surface area contributed by atoms with Gasteiger partial charge in [0.15, 0.2) is 0 Å². The summed E-state index contributed by atoms with van der Waals surface area (Å²) in [6, 6.07) is 0. The number of carbonyl (C=O) groups is 2. The maximum Gasteiger partial charge on any atom is 0.331 e. The zero-order valence-corrected chi connectivity index (χ0v) is 8.06. The summed E-state index contributed by atoms with van der Waals surface area (Å²) < 4.78 is 9.16.